The number of morpholine rings is 1. The molecule has 3 heterocycles. The van der Waals surface area contributed by atoms with E-state index < -0.39 is 0 Å². The van der Waals surface area contributed by atoms with Crippen LogP contribution in [-0.4, -0.2) is 57.5 Å². The van der Waals surface area contributed by atoms with Gasteiger partial charge < -0.3 is 14.1 Å². The topological polar surface area (TPSA) is 81.4 Å². The minimum atomic E-state index is -0.254. The van der Waals surface area contributed by atoms with Crippen molar-refractivity contribution in [3.63, 3.8) is 0 Å². The van der Waals surface area contributed by atoms with Crippen LogP contribution in [0.5, 0.6) is 0 Å². The quantitative estimate of drug-likeness (QED) is 0.736. The molecule has 2 aromatic rings. The van der Waals surface area contributed by atoms with E-state index in [2.05, 4.69) is 15.2 Å². The first-order chi connectivity index (χ1) is 12.0. The molecule has 1 aliphatic heterocycles. The molecule has 0 spiro atoms. The summed E-state index contributed by atoms with van der Waals surface area (Å²) in [7, 11) is 0. The fourth-order valence-electron chi connectivity index (χ4n) is 2.62. The van der Waals surface area contributed by atoms with E-state index in [0.29, 0.717) is 37.4 Å². The normalized spacial score (nSPS) is 16.4. The number of carbonyl (C=O) groups excluding carboxylic acids is 1. The SMILES string of the molecule is Cc1nc(C)c(-c2nnc(SC(C(=O)N3CCOCC3)C(C)C)o2)s1. The highest BCUT2D eigenvalue weighted by Crippen LogP contribution is 2.33. The van der Waals surface area contributed by atoms with Gasteiger partial charge in [-0.15, -0.1) is 21.5 Å². The largest absolute Gasteiger partial charge is 0.410 e. The Hall–Kier alpha value is -1.45. The van der Waals surface area contributed by atoms with Crippen LogP contribution < -0.4 is 0 Å². The zero-order chi connectivity index (χ0) is 18.0. The second kappa shape index (κ2) is 7.84. The van der Waals surface area contributed by atoms with Crippen molar-refractivity contribution in [3.8, 4) is 10.8 Å². The number of ether oxygens (including phenoxy) is 1. The highest BCUT2D eigenvalue weighted by Gasteiger charge is 2.31. The fraction of sp³-hybridized carbons (Fsp3) is 0.625. The number of hydrogen-bond acceptors (Lipinski definition) is 8. The van der Waals surface area contributed by atoms with E-state index in [1.165, 1.54) is 23.1 Å². The number of hydrogen-bond donors (Lipinski definition) is 0. The number of aryl methyl sites for hydroxylation is 2. The predicted molar refractivity (Wildman–Crippen MR) is 96.8 cm³/mol. The molecule has 2 aromatic heterocycles. The van der Waals surface area contributed by atoms with Gasteiger partial charge in [-0.3, -0.25) is 4.79 Å². The van der Waals surface area contributed by atoms with Gasteiger partial charge in [-0.05, 0) is 19.8 Å². The molecule has 0 bridgehead atoms. The molecule has 0 aliphatic carbocycles. The molecule has 0 N–H and O–H groups in total. The Balaban J connectivity index is 1.74. The van der Waals surface area contributed by atoms with Crippen LogP contribution in [0, 0.1) is 19.8 Å². The van der Waals surface area contributed by atoms with Gasteiger partial charge in [0.2, 0.25) is 5.91 Å². The van der Waals surface area contributed by atoms with Crippen molar-refractivity contribution in [2.75, 3.05) is 26.3 Å². The number of thiazole rings is 1. The molecule has 1 fully saturated rings. The number of aromatic nitrogens is 3. The average molecular weight is 383 g/mol. The van der Waals surface area contributed by atoms with Crippen LogP contribution in [0.25, 0.3) is 10.8 Å². The van der Waals surface area contributed by atoms with Crippen molar-refractivity contribution in [2.45, 2.75) is 38.2 Å². The predicted octanol–water partition coefficient (Wildman–Crippen LogP) is 2.79. The molecule has 25 heavy (non-hydrogen) atoms. The Morgan fingerprint density at radius 2 is 1.96 bits per heavy atom. The Kier molecular flexibility index (Phi) is 5.75. The van der Waals surface area contributed by atoms with E-state index in [-0.39, 0.29) is 17.1 Å². The van der Waals surface area contributed by atoms with E-state index in [4.69, 9.17) is 9.15 Å². The Morgan fingerprint density at radius 3 is 2.56 bits per heavy atom. The summed E-state index contributed by atoms with van der Waals surface area (Å²) in [5.41, 5.74) is 0.882. The van der Waals surface area contributed by atoms with Crippen LogP contribution in [0.4, 0.5) is 0 Å². The second-order valence-electron chi connectivity index (χ2n) is 6.24. The first kappa shape index (κ1) is 18.3. The van der Waals surface area contributed by atoms with Crippen molar-refractivity contribution in [1.82, 2.24) is 20.1 Å². The third kappa shape index (κ3) is 4.21. The van der Waals surface area contributed by atoms with E-state index in [1.54, 1.807) is 0 Å². The maximum atomic E-state index is 12.8. The number of amides is 1. The molecule has 1 amide bonds. The molecule has 1 saturated heterocycles. The molecule has 0 radical (unpaired) electrons. The zero-order valence-electron chi connectivity index (χ0n) is 14.8. The molecule has 9 heteroatoms. The third-order valence-electron chi connectivity index (χ3n) is 3.90. The van der Waals surface area contributed by atoms with E-state index in [0.717, 1.165) is 15.6 Å². The van der Waals surface area contributed by atoms with Crippen LogP contribution in [0.2, 0.25) is 0 Å². The van der Waals surface area contributed by atoms with E-state index >= 15 is 0 Å². The molecular formula is C16H22N4O3S2. The first-order valence-electron chi connectivity index (χ1n) is 8.26. The summed E-state index contributed by atoms with van der Waals surface area (Å²) < 4.78 is 11.1. The maximum absolute atomic E-state index is 12.8. The second-order valence-corrected chi connectivity index (χ2v) is 8.54. The van der Waals surface area contributed by atoms with Crippen molar-refractivity contribution in [1.29, 1.82) is 0 Å². The van der Waals surface area contributed by atoms with Crippen LogP contribution in [-0.2, 0) is 9.53 Å². The maximum Gasteiger partial charge on any atom is 0.277 e. The van der Waals surface area contributed by atoms with Gasteiger partial charge in [0.05, 0.1) is 29.2 Å². The zero-order valence-corrected chi connectivity index (χ0v) is 16.4. The van der Waals surface area contributed by atoms with Crippen LogP contribution in [0.15, 0.2) is 9.64 Å². The Labute approximate surface area is 155 Å². The summed E-state index contributed by atoms with van der Waals surface area (Å²) in [6.07, 6.45) is 0. The summed E-state index contributed by atoms with van der Waals surface area (Å²) >= 11 is 2.87. The van der Waals surface area contributed by atoms with Gasteiger partial charge in [-0.2, -0.15) is 0 Å². The molecule has 0 saturated carbocycles. The molecule has 0 aromatic carbocycles. The standard InChI is InChI=1S/C16H22N4O3S2/c1-9(2)12(15(21)20-5-7-22-8-6-20)25-16-19-18-14(23-16)13-10(3)17-11(4)24-13/h9,12H,5-8H2,1-4H3. The van der Waals surface area contributed by atoms with Gasteiger partial charge in [-0.25, -0.2) is 4.98 Å². The lowest BCUT2D eigenvalue weighted by molar-refractivity contribution is -0.135. The van der Waals surface area contributed by atoms with Gasteiger partial charge in [0.25, 0.3) is 11.1 Å². The molecule has 1 aliphatic rings. The van der Waals surface area contributed by atoms with Gasteiger partial charge in [0.1, 0.15) is 4.88 Å². The lowest BCUT2D eigenvalue weighted by Crippen LogP contribution is -2.46. The molecule has 1 atom stereocenters. The van der Waals surface area contributed by atoms with Crippen molar-refractivity contribution in [2.24, 2.45) is 5.92 Å². The van der Waals surface area contributed by atoms with Gasteiger partial charge in [-0.1, -0.05) is 25.6 Å². The lowest BCUT2D eigenvalue weighted by Gasteiger charge is -2.31. The summed E-state index contributed by atoms with van der Waals surface area (Å²) in [6, 6.07) is 0. The highest BCUT2D eigenvalue weighted by atomic mass is 32.2. The Morgan fingerprint density at radius 1 is 1.24 bits per heavy atom. The number of carbonyl (C=O) groups is 1. The molecule has 3 rings (SSSR count). The van der Waals surface area contributed by atoms with Crippen LogP contribution in [0.1, 0.15) is 24.5 Å². The minimum Gasteiger partial charge on any atom is -0.410 e. The minimum absolute atomic E-state index is 0.105. The monoisotopic (exact) mass is 382 g/mol. The number of nitrogens with zero attached hydrogens (tertiary/aromatic N) is 4. The molecular weight excluding hydrogens is 360 g/mol. The first-order valence-corrected chi connectivity index (χ1v) is 9.96. The van der Waals surface area contributed by atoms with Gasteiger partial charge >= 0.3 is 0 Å². The smallest absolute Gasteiger partial charge is 0.277 e. The lowest BCUT2D eigenvalue weighted by atomic mass is 10.1. The van der Waals surface area contributed by atoms with E-state index in [1.807, 2.05) is 32.6 Å². The van der Waals surface area contributed by atoms with Crippen LogP contribution in [0.3, 0.4) is 0 Å². The van der Waals surface area contributed by atoms with Crippen LogP contribution >= 0.6 is 23.1 Å². The molecule has 1 unspecified atom stereocenters. The molecule has 136 valence electrons. The summed E-state index contributed by atoms with van der Waals surface area (Å²) in [4.78, 5) is 20.0. The molecule has 7 nitrogen and oxygen atoms in total. The summed E-state index contributed by atoms with van der Waals surface area (Å²) in [6.45, 7) is 10.4. The number of rotatable bonds is 5. The van der Waals surface area contributed by atoms with E-state index in [9.17, 15) is 4.79 Å². The average Bonchev–Trinajstić information content (AvgIpc) is 3.18. The van der Waals surface area contributed by atoms with Gasteiger partial charge in [0, 0.05) is 13.1 Å². The number of thioether (sulfide) groups is 1. The van der Waals surface area contributed by atoms with Gasteiger partial charge in [0.15, 0.2) is 0 Å². The third-order valence-corrected chi connectivity index (χ3v) is 6.33. The Bertz CT molecular complexity index is 738. The van der Waals surface area contributed by atoms with Crippen molar-refractivity contribution >= 4 is 29.0 Å². The van der Waals surface area contributed by atoms with Crippen molar-refractivity contribution in [3.05, 3.63) is 10.7 Å². The highest BCUT2D eigenvalue weighted by molar-refractivity contribution is 8.00. The summed E-state index contributed by atoms with van der Waals surface area (Å²) in [5.74, 6) is 0.725. The van der Waals surface area contributed by atoms with Crippen molar-refractivity contribution < 1.29 is 13.9 Å². The summed E-state index contributed by atoms with van der Waals surface area (Å²) in [5, 5.41) is 9.38. The fourth-order valence-corrected chi connectivity index (χ4v) is 4.42.